The lowest BCUT2D eigenvalue weighted by molar-refractivity contribution is 0.106. The molecule has 0 saturated carbocycles. The highest BCUT2D eigenvalue weighted by atomic mass is 35.5. The van der Waals surface area contributed by atoms with Crippen molar-refractivity contribution in [1.29, 1.82) is 0 Å². The summed E-state index contributed by atoms with van der Waals surface area (Å²) in [4.78, 5) is 12.2. The molecule has 2 aromatic carbocycles. The predicted molar refractivity (Wildman–Crippen MR) is 92.1 cm³/mol. The van der Waals surface area contributed by atoms with E-state index in [1.165, 1.54) is 25.1 Å². The second-order valence-electron chi connectivity index (χ2n) is 5.23. The normalized spacial score (nSPS) is 12.4. The number of hydrogen-bond donors (Lipinski definition) is 0. The second kappa shape index (κ2) is 7.93. The van der Waals surface area contributed by atoms with Crippen LogP contribution in [0.2, 0.25) is 5.02 Å². The fourth-order valence-corrected chi connectivity index (χ4v) is 2.13. The van der Waals surface area contributed by atoms with Crippen LogP contribution >= 0.6 is 11.6 Å². The third kappa shape index (κ3) is 4.55. The van der Waals surface area contributed by atoms with E-state index in [2.05, 4.69) is 10.2 Å². The van der Waals surface area contributed by atoms with Gasteiger partial charge in [-0.25, -0.2) is 8.78 Å². The number of hydrogen-bond acceptors (Lipinski definition) is 3. The van der Waals surface area contributed by atoms with Crippen LogP contribution in [0.1, 0.15) is 29.8 Å². The number of halogens is 3. The maximum atomic E-state index is 13.6. The van der Waals surface area contributed by atoms with Gasteiger partial charge >= 0.3 is 0 Å². The van der Waals surface area contributed by atoms with Crippen LogP contribution in [-0.4, -0.2) is 17.2 Å². The van der Waals surface area contributed by atoms with Gasteiger partial charge in [-0.2, -0.15) is 10.2 Å². The molecular weight excluding hydrogens is 334 g/mol. The van der Waals surface area contributed by atoms with Gasteiger partial charge < -0.3 is 0 Å². The molecule has 0 unspecified atom stereocenters. The smallest absolute Gasteiger partial charge is 0.208 e. The summed E-state index contributed by atoms with van der Waals surface area (Å²) in [5.74, 6) is -1.56. The van der Waals surface area contributed by atoms with Crippen LogP contribution in [0.3, 0.4) is 0 Å². The lowest BCUT2D eigenvalue weighted by atomic mass is 10.1. The first-order valence-corrected chi connectivity index (χ1v) is 7.57. The third-order valence-corrected chi connectivity index (χ3v) is 3.55. The van der Waals surface area contributed by atoms with E-state index in [1.807, 2.05) is 0 Å². The number of carbonyl (C=O) groups excluding carboxylic acids is 1. The third-order valence-electron chi connectivity index (χ3n) is 3.30. The Kier molecular flexibility index (Phi) is 5.93. The molecule has 0 amide bonds. The van der Waals surface area contributed by atoms with Crippen molar-refractivity contribution in [2.75, 3.05) is 0 Å². The average Bonchev–Trinajstić information content (AvgIpc) is 2.56. The van der Waals surface area contributed by atoms with Crippen LogP contribution in [-0.2, 0) is 6.42 Å². The molecule has 0 aliphatic carbocycles. The van der Waals surface area contributed by atoms with Gasteiger partial charge in [-0.3, -0.25) is 4.79 Å². The van der Waals surface area contributed by atoms with Crippen LogP contribution in [0, 0.1) is 11.6 Å². The molecule has 0 N–H and O–H groups in total. The van der Waals surface area contributed by atoms with Crippen LogP contribution in [0.4, 0.5) is 8.78 Å². The lowest BCUT2D eigenvalue weighted by Gasteiger charge is -2.04. The Hall–Kier alpha value is -2.40. The van der Waals surface area contributed by atoms with E-state index in [-0.39, 0.29) is 23.5 Å². The minimum absolute atomic E-state index is 0.0234. The molecule has 0 fully saturated rings. The quantitative estimate of drug-likeness (QED) is 0.431. The first kappa shape index (κ1) is 17.9. The summed E-state index contributed by atoms with van der Waals surface area (Å²) in [6.07, 6.45) is -0.0234. The van der Waals surface area contributed by atoms with E-state index in [1.54, 1.807) is 31.2 Å². The van der Waals surface area contributed by atoms with E-state index in [0.717, 1.165) is 0 Å². The Labute approximate surface area is 143 Å². The van der Waals surface area contributed by atoms with Gasteiger partial charge in [0.2, 0.25) is 5.78 Å². The number of ketones is 1. The largest absolute Gasteiger partial charge is 0.287 e. The van der Waals surface area contributed by atoms with E-state index in [4.69, 9.17) is 11.6 Å². The molecule has 0 spiro atoms. The molecule has 0 aromatic heterocycles. The van der Waals surface area contributed by atoms with Crippen molar-refractivity contribution >= 4 is 28.8 Å². The van der Waals surface area contributed by atoms with Gasteiger partial charge in [-0.05, 0) is 50.2 Å². The van der Waals surface area contributed by atoms with Gasteiger partial charge in [0.15, 0.2) is 0 Å². The molecule has 2 aromatic rings. The van der Waals surface area contributed by atoms with Crippen LogP contribution < -0.4 is 0 Å². The topological polar surface area (TPSA) is 41.8 Å². The van der Waals surface area contributed by atoms with Crippen LogP contribution in [0.5, 0.6) is 0 Å². The molecule has 24 heavy (non-hydrogen) atoms. The van der Waals surface area contributed by atoms with Crippen molar-refractivity contribution in [3.8, 4) is 0 Å². The Balaban J connectivity index is 2.13. The summed E-state index contributed by atoms with van der Waals surface area (Å²) in [5.41, 5.74) is 0.928. The SMILES string of the molecule is CC(Cc1c(F)cccc1F)=NN=C(C)C(=O)c1ccc(Cl)cc1. The maximum absolute atomic E-state index is 13.6. The molecule has 0 bridgehead atoms. The zero-order chi connectivity index (χ0) is 17.7. The highest BCUT2D eigenvalue weighted by Gasteiger charge is 2.11. The Morgan fingerprint density at radius 1 is 1.00 bits per heavy atom. The van der Waals surface area contributed by atoms with Crippen LogP contribution in [0.15, 0.2) is 52.7 Å². The van der Waals surface area contributed by atoms with Crippen molar-refractivity contribution in [2.45, 2.75) is 20.3 Å². The summed E-state index contributed by atoms with van der Waals surface area (Å²) in [7, 11) is 0. The Morgan fingerprint density at radius 2 is 1.58 bits per heavy atom. The fraction of sp³-hybridized carbons (Fsp3) is 0.167. The fourth-order valence-electron chi connectivity index (χ4n) is 2.01. The molecule has 0 radical (unpaired) electrons. The number of nitrogens with zero attached hydrogens (tertiary/aromatic N) is 2. The first-order chi connectivity index (χ1) is 11.4. The summed E-state index contributed by atoms with van der Waals surface area (Å²) < 4.78 is 27.2. The molecule has 124 valence electrons. The molecule has 0 aliphatic rings. The van der Waals surface area contributed by atoms with Crippen molar-refractivity contribution in [3.05, 3.63) is 70.2 Å². The van der Waals surface area contributed by atoms with Crippen molar-refractivity contribution in [3.63, 3.8) is 0 Å². The minimum atomic E-state index is -0.637. The minimum Gasteiger partial charge on any atom is -0.287 e. The summed E-state index contributed by atoms with van der Waals surface area (Å²) in [6.45, 7) is 3.12. The molecule has 0 atom stereocenters. The van der Waals surface area contributed by atoms with E-state index >= 15 is 0 Å². The van der Waals surface area contributed by atoms with Gasteiger partial charge in [0.1, 0.15) is 17.3 Å². The van der Waals surface area contributed by atoms with Gasteiger partial charge in [0.05, 0.1) is 0 Å². The number of rotatable bonds is 5. The molecule has 2 rings (SSSR count). The maximum Gasteiger partial charge on any atom is 0.208 e. The monoisotopic (exact) mass is 348 g/mol. The number of carbonyl (C=O) groups is 1. The molecule has 6 heteroatoms. The Bertz CT molecular complexity index is 794. The van der Waals surface area contributed by atoms with E-state index < -0.39 is 11.6 Å². The average molecular weight is 349 g/mol. The molecule has 0 saturated heterocycles. The van der Waals surface area contributed by atoms with Crippen molar-refractivity contribution < 1.29 is 13.6 Å². The highest BCUT2D eigenvalue weighted by Crippen LogP contribution is 2.14. The Morgan fingerprint density at radius 3 is 2.17 bits per heavy atom. The number of benzene rings is 2. The van der Waals surface area contributed by atoms with Gasteiger partial charge in [-0.15, -0.1) is 0 Å². The van der Waals surface area contributed by atoms with Gasteiger partial charge in [0, 0.05) is 28.3 Å². The zero-order valence-electron chi connectivity index (χ0n) is 13.2. The van der Waals surface area contributed by atoms with Crippen molar-refractivity contribution in [1.82, 2.24) is 0 Å². The van der Waals surface area contributed by atoms with Gasteiger partial charge in [0.25, 0.3) is 0 Å². The van der Waals surface area contributed by atoms with Crippen LogP contribution in [0.25, 0.3) is 0 Å². The first-order valence-electron chi connectivity index (χ1n) is 7.19. The summed E-state index contributed by atoms with van der Waals surface area (Å²) >= 11 is 5.78. The highest BCUT2D eigenvalue weighted by molar-refractivity contribution is 6.45. The van der Waals surface area contributed by atoms with Gasteiger partial charge in [-0.1, -0.05) is 17.7 Å². The number of Topliss-reactive ketones (excluding diaryl/α,β-unsaturated/α-hetero) is 1. The van der Waals surface area contributed by atoms with Crippen molar-refractivity contribution in [2.24, 2.45) is 10.2 Å². The molecule has 0 aliphatic heterocycles. The van der Waals surface area contributed by atoms with E-state index in [9.17, 15) is 13.6 Å². The molecule has 3 nitrogen and oxygen atoms in total. The second-order valence-corrected chi connectivity index (χ2v) is 5.67. The summed E-state index contributed by atoms with van der Waals surface area (Å²) in [6, 6.07) is 10.1. The zero-order valence-corrected chi connectivity index (χ0v) is 13.9. The lowest BCUT2D eigenvalue weighted by Crippen LogP contribution is -2.10. The molecule has 0 heterocycles. The predicted octanol–water partition coefficient (Wildman–Crippen LogP) is 4.88. The standard InChI is InChI=1S/C18H15ClF2N2O/c1-11(10-15-16(20)4-3-5-17(15)21)22-23-12(2)18(24)13-6-8-14(19)9-7-13/h3-9H,10H2,1-2H3. The molecular formula is C18H15ClF2N2O. The summed E-state index contributed by atoms with van der Waals surface area (Å²) in [5, 5.41) is 8.28. The van der Waals surface area contributed by atoms with E-state index in [0.29, 0.717) is 16.3 Å².